The lowest BCUT2D eigenvalue weighted by molar-refractivity contribution is -0.138. The van der Waals surface area contributed by atoms with E-state index in [1.54, 1.807) is 35.4 Å². The quantitative estimate of drug-likeness (QED) is 0.458. The molecule has 2 aromatic carbocycles. The van der Waals surface area contributed by atoms with Crippen LogP contribution in [-0.2, 0) is 11.2 Å². The summed E-state index contributed by atoms with van der Waals surface area (Å²) in [5.41, 5.74) is 3.44. The number of halogens is 1. The lowest BCUT2D eigenvalue weighted by atomic mass is 9.76. The van der Waals surface area contributed by atoms with Crippen LogP contribution in [0.2, 0.25) is 0 Å². The van der Waals surface area contributed by atoms with E-state index in [9.17, 15) is 23.9 Å². The van der Waals surface area contributed by atoms with E-state index in [2.05, 4.69) is 21.3 Å². The zero-order valence-corrected chi connectivity index (χ0v) is 23.6. The smallest absolute Gasteiger partial charge is 0.272 e. The number of fused-ring (bicyclic) bond motifs is 1. The Morgan fingerprint density at radius 2 is 1.86 bits per heavy atom. The zero-order chi connectivity index (χ0) is 29.7. The molecule has 4 heterocycles. The SMILES string of the molecule is O=C(c1cc(Cc2n[nH]c(=O)c3ccccc23)ccc1F)N1CCC(C(=O)N2CCC3=C4[C@@H](C=CC3)[C@H](O)N=C[C@@H]42)CC1. The molecule has 9 nitrogen and oxygen atoms in total. The molecule has 10 heteroatoms. The van der Waals surface area contributed by atoms with E-state index < -0.39 is 18.0 Å². The van der Waals surface area contributed by atoms with Crippen LogP contribution in [0.15, 0.2) is 75.5 Å². The second-order valence-corrected chi connectivity index (χ2v) is 11.8. The number of aliphatic hydroxyl groups excluding tert-OH is 1. The molecule has 0 saturated carbocycles. The van der Waals surface area contributed by atoms with Gasteiger partial charge in [0.05, 0.1) is 22.7 Å². The molecule has 1 saturated heterocycles. The maximum Gasteiger partial charge on any atom is 0.272 e. The molecular weight excluding hydrogens is 549 g/mol. The van der Waals surface area contributed by atoms with Crippen LogP contribution in [0.3, 0.4) is 0 Å². The number of carbonyl (C=O) groups is 2. The number of nitrogens with zero attached hydrogens (tertiary/aromatic N) is 4. The van der Waals surface area contributed by atoms with Crippen molar-refractivity contribution in [3.05, 3.63) is 98.8 Å². The fourth-order valence-corrected chi connectivity index (χ4v) is 7.04. The Labute approximate surface area is 247 Å². The second-order valence-electron chi connectivity index (χ2n) is 11.8. The standard InChI is InChI=1S/C33H32FN5O4/c34-26-9-8-19(17-27-22-5-1-2-6-23(22)31(41)37-36-27)16-25(26)33(43)38-13-10-21(11-14-38)32(42)39-15-12-20-4-3-7-24-29(20)28(39)18-35-30(24)40/h1-3,5-9,16,18,21,24,28,30,40H,4,10-15,17H2,(H,37,41)/t24-,28+,30+/m1/s1. The summed E-state index contributed by atoms with van der Waals surface area (Å²) in [6.07, 6.45) is 7.93. The summed E-state index contributed by atoms with van der Waals surface area (Å²) < 4.78 is 14.9. The van der Waals surface area contributed by atoms with Gasteiger partial charge in [0.2, 0.25) is 5.91 Å². The molecule has 3 aromatic rings. The van der Waals surface area contributed by atoms with E-state index in [0.29, 0.717) is 60.9 Å². The van der Waals surface area contributed by atoms with Gasteiger partial charge in [0.15, 0.2) is 6.23 Å². The van der Waals surface area contributed by atoms with Crippen LogP contribution in [0.5, 0.6) is 0 Å². The molecule has 1 aromatic heterocycles. The van der Waals surface area contributed by atoms with Crippen molar-refractivity contribution in [1.29, 1.82) is 0 Å². The van der Waals surface area contributed by atoms with Gasteiger partial charge in [-0.1, -0.05) is 42.0 Å². The number of allylic oxidation sites excluding steroid dienone is 1. The van der Waals surface area contributed by atoms with Gasteiger partial charge in [0.1, 0.15) is 5.82 Å². The first-order valence-corrected chi connectivity index (χ1v) is 14.8. The van der Waals surface area contributed by atoms with E-state index in [-0.39, 0.29) is 34.9 Å². The van der Waals surface area contributed by atoms with Gasteiger partial charge in [-0.3, -0.25) is 19.4 Å². The largest absolute Gasteiger partial charge is 0.371 e. The number of rotatable bonds is 4. The topological polar surface area (TPSA) is 119 Å². The third-order valence-electron chi connectivity index (χ3n) is 9.31. The summed E-state index contributed by atoms with van der Waals surface area (Å²) in [7, 11) is 0. The highest BCUT2D eigenvalue weighted by atomic mass is 19.1. The lowest BCUT2D eigenvalue weighted by Crippen LogP contribution is -2.54. The number of aromatic nitrogens is 2. The second kappa shape index (κ2) is 11.0. The predicted octanol–water partition coefficient (Wildman–Crippen LogP) is 3.38. The Balaban J connectivity index is 1.04. The number of aliphatic hydroxyl groups is 1. The third kappa shape index (κ3) is 4.89. The molecule has 7 rings (SSSR count). The van der Waals surface area contributed by atoms with Gasteiger partial charge in [0, 0.05) is 49.5 Å². The van der Waals surface area contributed by atoms with E-state index >= 15 is 0 Å². The Morgan fingerprint density at radius 3 is 2.67 bits per heavy atom. The predicted molar refractivity (Wildman–Crippen MR) is 159 cm³/mol. The number of likely N-dealkylation sites (tertiary alicyclic amines) is 1. The van der Waals surface area contributed by atoms with Crippen molar-refractivity contribution in [3.63, 3.8) is 0 Å². The number of amides is 2. The van der Waals surface area contributed by atoms with Gasteiger partial charge >= 0.3 is 0 Å². The fourth-order valence-electron chi connectivity index (χ4n) is 7.04. The summed E-state index contributed by atoms with van der Waals surface area (Å²) in [5, 5.41) is 18.4. The fraction of sp³-hybridized carbons (Fsp3) is 0.364. The summed E-state index contributed by atoms with van der Waals surface area (Å²) in [6.45, 7) is 1.33. The molecule has 220 valence electrons. The van der Waals surface area contributed by atoms with E-state index in [0.717, 1.165) is 18.4 Å². The Hall–Kier alpha value is -4.44. The molecule has 4 aliphatic rings. The van der Waals surface area contributed by atoms with Crippen LogP contribution in [0.4, 0.5) is 4.39 Å². The molecule has 2 amide bonds. The molecule has 2 N–H and O–H groups in total. The van der Waals surface area contributed by atoms with Gasteiger partial charge in [0.25, 0.3) is 11.5 Å². The minimum atomic E-state index is -0.812. The molecule has 0 bridgehead atoms. The van der Waals surface area contributed by atoms with Gasteiger partial charge in [-0.05, 0) is 55.0 Å². The Bertz CT molecular complexity index is 1770. The number of aromatic amines is 1. The summed E-state index contributed by atoms with van der Waals surface area (Å²) in [5.74, 6) is -1.37. The average molecular weight is 582 g/mol. The van der Waals surface area contributed by atoms with Crippen LogP contribution in [0.25, 0.3) is 10.8 Å². The minimum absolute atomic E-state index is 0.0140. The van der Waals surface area contributed by atoms with Crippen LogP contribution in [0.1, 0.15) is 47.3 Å². The van der Waals surface area contributed by atoms with Crippen molar-refractivity contribution in [1.82, 2.24) is 20.0 Å². The van der Waals surface area contributed by atoms with Gasteiger partial charge < -0.3 is 14.9 Å². The van der Waals surface area contributed by atoms with Crippen molar-refractivity contribution >= 4 is 28.8 Å². The monoisotopic (exact) mass is 581 g/mol. The highest BCUT2D eigenvalue weighted by Gasteiger charge is 2.42. The number of benzene rings is 2. The molecule has 3 atom stereocenters. The highest BCUT2D eigenvalue weighted by Crippen LogP contribution is 2.40. The molecule has 0 radical (unpaired) electrons. The van der Waals surface area contributed by atoms with Crippen LogP contribution < -0.4 is 5.56 Å². The van der Waals surface area contributed by atoms with E-state index in [1.165, 1.54) is 11.6 Å². The average Bonchev–Trinajstić information content (AvgIpc) is 3.04. The summed E-state index contributed by atoms with van der Waals surface area (Å²) in [4.78, 5) is 47.1. The molecule has 0 unspecified atom stereocenters. The summed E-state index contributed by atoms with van der Waals surface area (Å²) >= 11 is 0. The first-order chi connectivity index (χ1) is 20.9. The van der Waals surface area contributed by atoms with Crippen molar-refractivity contribution in [2.75, 3.05) is 19.6 Å². The number of nitrogens with one attached hydrogen (secondary N) is 1. The maximum absolute atomic E-state index is 14.9. The van der Waals surface area contributed by atoms with Crippen LogP contribution >= 0.6 is 0 Å². The number of carbonyl (C=O) groups excluding carboxylic acids is 2. The van der Waals surface area contributed by atoms with Crippen molar-refractivity contribution in [3.8, 4) is 0 Å². The minimum Gasteiger partial charge on any atom is -0.371 e. The van der Waals surface area contributed by atoms with E-state index in [1.807, 2.05) is 23.1 Å². The third-order valence-corrected chi connectivity index (χ3v) is 9.31. The Morgan fingerprint density at radius 1 is 1.07 bits per heavy atom. The molecule has 1 fully saturated rings. The number of hydrogen-bond donors (Lipinski definition) is 2. The highest BCUT2D eigenvalue weighted by molar-refractivity contribution is 5.95. The number of aliphatic imine (C=N–C) groups is 1. The first-order valence-electron chi connectivity index (χ1n) is 14.8. The van der Waals surface area contributed by atoms with E-state index in [4.69, 9.17) is 0 Å². The van der Waals surface area contributed by atoms with Gasteiger partial charge in [-0.25, -0.2) is 9.49 Å². The van der Waals surface area contributed by atoms with Crippen molar-refractivity contribution < 1.29 is 19.1 Å². The number of H-pyrrole nitrogens is 1. The maximum atomic E-state index is 14.9. The zero-order valence-electron chi connectivity index (χ0n) is 23.6. The Kier molecular flexibility index (Phi) is 7.01. The number of hydrogen-bond acceptors (Lipinski definition) is 6. The first kappa shape index (κ1) is 27.4. The van der Waals surface area contributed by atoms with Gasteiger partial charge in [-0.2, -0.15) is 5.10 Å². The number of piperidine rings is 1. The molecule has 1 aliphatic carbocycles. The van der Waals surface area contributed by atoms with Crippen molar-refractivity contribution in [2.24, 2.45) is 16.8 Å². The molecule has 0 spiro atoms. The molecular formula is C33H32FN5O4. The summed E-state index contributed by atoms with van der Waals surface area (Å²) in [6, 6.07) is 11.4. The van der Waals surface area contributed by atoms with Crippen LogP contribution in [-0.4, -0.2) is 75.0 Å². The normalized spacial score (nSPS) is 23.5. The van der Waals surface area contributed by atoms with Crippen LogP contribution in [0, 0.1) is 17.7 Å². The molecule has 43 heavy (non-hydrogen) atoms. The lowest BCUT2D eigenvalue weighted by Gasteiger charge is -2.45. The van der Waals surface area contributed by atoms with Crippen molar-refractivity contribution in [2.45, 2.75) is 44.4 Å². The molecule has 3 aliphatic heterocycles. The van der Waals surface area contributed by atoms with Gasteiger partial charge in [-0.15, -0.1) is 0 Å².